The number of rotatable bonds is 7. The summed E-state index contributed by atoms with van der Waals surface area (Å²) in [6.45, 7) is -0.568. The SMILES string of the molecule is COc1ccc([C@H]2C[C@@H]2NC(=O)N[C@@H]2C(=O)N(c3ncccc3C(F)(F)F)C[C@H]2c2c(F)cc(OC)cc2F)cc1. The van der Waals surface area contributed by atoms with Crippen molar-refractivity contribution in [2.75, 3.05) is 25.7 Å². The molecule has 2 fully saturated rings. The minimum atomic E-state index is -4.86. The molecule has 13 heteroatoms. The molecule has 1 aromatic heterocycles. The van der Waals surface area contributed by atoms with Gasteiger partial charge in [0, 0.05) is 48.3 Å². The molecule has 1 saturated heterocycles. The third-order valence-electron chi connectivity index (χ3n) is 7.26. The largest absolute Gasteiger partial charge is 0.497 e. The number of aromatic nitrogens is 1. The van der Waals surface area contributed by atoms with Gasteiger partial charge in [-0.1, -0.05) is 12.1 Å². The fourth-order valence-electron chi connectivity index (χ4n) is 5.13. The smallest absolute Gasteiger partial charge is 0.419 e. The van der Waals surface area contributed by atoms with Crippen molar-refractivity contribution < 1.29 is 41.0 Å². The van der Waals surface area contributed by atoms with Crippen LogP contribution < -0.4 is 25.0 Å². The third kappa shape index (κ3) is 5.61. The van der Waals surface area contributed by atoms with E-state index in [0.717, 1.165) is 36.0 Å². The molecule has 41 heavy (non-hydrogen) atoms. The molecule has 1 aliphatic carbocycles. The Hall–Kier alpha value is -4.42. The fourth-order valence-corrected chi connectivity index (χ4v) is 5.13. The van der Waals surface area contributed by atoms with Crippen LogP contribution in [0.4, 0.5) is 32.6 Å². The van der Waals surface area contributed by atoms with Crippen molar-refractivity contribution in [2.45, 2.75) is 36.5 Å². The molecular weight excluding hydrogens is 551 g/mol. The Morgan fingerprint density at radius 2 is 1.63 bits per heavy atom. The van der Waals surface area contributed by atoms with Crippen molar-refractivity contribution in [1.29, 1.82) is 0 Å². The highest BCUT2D eigenvalue weighted by molar-refractivity contribution is 6.02. The summed E-state index contributed by atoms with van der Waals surface area (Å²) in [6.07, 6.45) is -3.18. The van der Waals surface area contributed by atoms with Crippen molar-refractivity contribution in [2.24, 2.45) is 0 Å². The maximum Gasteiger partial charge on any atom is 0.419 e. The monoisotopic (exact) mass is 576 g/mol. The first-order chi connectivity index (χ1) is 19.5. The van der Waals surface area contributed by atoms with Gasteiger partial charge >= 0.3 is 12.2 Å². The molecule has 2 N–H and O–H groups in total. The molecule has 3 amide bonds. The molecule has 0 spiro atoms. The number of alkyl halides is 3. The number of nitrogens with zero attached hydrogens (tertiary/aromatic N) is 2. The van der Waals surface area contributed by atoms with Gasteiger partial charge < -0.3 is 20.1 Å². The average molecular weight is 577 g/mol. The van der Waals surface area contributed by atoms with Crippen LogP contribution in [0.1, 0.15) is 34.9 Å². The highest BCUT2D eigenvalue weighted by Gasteiger charge is 2.49. The van der Waals surface area contributed by atoms with Gasteiger partial charge in [-0.3, -0.25) is 9.69 Å². The second-order valence-electron chi connectivity index (χ2n) is 9.75. The van der Waals surface area contributed by atoms with Gasteiger partial charge in [0.15, 0.2) is 0 Å². The lowest BCUT2D eigenvalue weighted by atomic mass is 9.93. The maximum atomic E-state index is 15.1. The van der Waals surface area contributed by atoms with Crippen LogP contribution in [-0.4, -0.2) is 49.8 Å². The lowest BCUT2D eigenvalue weighted by molar-refractivity contribution is -0.137. The zero-order valence-electron chi connectivity index (χ0n) is 21.8. The summed E-state index contributed by atoms with van der Waals surface area (Å²) < 4.78 is 81.5. The molecule has 2 heterocycles. The van der Waals surface area contributed by atoms with Gasteiger partial charge in [-0.15, -0.1) is 0 Å². The third-order valence-corrected chi connectivity index (χ3v) is 7.26. The molecule has 2 aliphatic rings. The number of pyridine rings is 1. The number of amides is 3. The number of hydrogen-bond donors (Lipinski definition) is 2. The van der Waals surface area contributed by atoms with E-state index < -0.39 is 65.2 Å². The number of nitrogens with one attached hydrogen (secondary N) is 2. The molecular formula is C28H25F5N4O4. The number of urea groups is 1. The van der Waals surface area contributed by atoms with Crippen molar-refractivity contribution in [3.05, 3.63) is 83.1 Å². The Labute approximate surface area is 231 Å². The Morgan fingerprint density at radius 1 is 0.976 bits per heavy atom. The molecule has 216 valence electrons. The Kier molecular flexibility index (Phi) is 7.45. The zero-order valence-corrected chi connectivity index (χ0v) is 21.8. The van der Waals surface area contributed by atoms with Crippen LogP contribution in [0.15, 0.2) is 54.7 Å². The summed E-state index contributed by atoms with van der Waals surface area (Å²) in [6, 6.07) is 8.22. The second-order valence-corrected chi connectivity index (χ2v) is 9.75. The van der Waals surface area contributed by atoms with E-state index in [0.29, 0.717) is 17.1 Å². The molecule has 0 unspecified atom stereocenters. The number of benzene rings is 2. The van der Waals surface area contributed by atoms with Crippen LogP contribution in [0.5, 0.6) is 11.5 Å². The molecule has 4 atom stereocenters. The summed E-state index contributed by atoms with van der Waals surface area (Å²) in [5.74, 6) is -4.71. The minimum Gasteiger partial charge on any atom is -0.497 e. The summed E-state index contributed by atoms with van der Waals surface area (Å²) in [7, 11) is 2.75. The summed E-state index contributed by atoms with van der Waals surface area (Å²) in [5.41, 5.74) is -0.818. The molecule has 5 rings (SSSR count). The highest BCUT2D eigenvalue weighted by Crippen LogP contribution is 2.42. The van der Waals surface area contributed by atoms with E-state index in [2.05, 4.69) is 15.6 Å². The van der Waals surface area contributed by atoms with Gasteiger partial charge in [0.1, 0.15) is 35.0 Å². The van der Waals surface area contributed by atoms with Crippen LogP contribution in [0.25, 0.3) is 0 Å². The quantitative estimate of drug-likeness (QED) is 0.396. The molecule has 0 bridgehead atoms. The normalized spacial score (nSPS) is 21.9. The predicted molar refractivity (Wildman–Crippen MR) is 137 cm³/mol. The van der Waals surface area contributed by atoms with Crippen LogP contribution in [0, 0.1) is 11.6 Å². The molecule has 0 radical (unpaired) electrons. The Morgan fingerprint density at radius 3 is 2.24 bits per heavy atom. The Bertz CT molecular complexity index is 1440. The van der Waals surface area contributed by atoms with Gasteiger partial charge in [-0.25, -0.2) is 18.6 Å². The molecule has 8 nitrogen and oxygen atoms in total. The minimum absolute atomic E-state index is 0.00225. The Balaban J connectivity index is 1.41. The molecule has 1 aliphatic heterocycles. The topological polar surface area (TPSA) is 92.8 Å². The van der Waals surface area contributed by atoms with E-state index >= 15 is 8.78 Å². The molecule has 1 saturated carbocycles. The van der Waals surface area contributed by atoms with E-state index in [-0.39, 0.29) is 17.7 Å². The number of hydrogen-bond acceptors (Lipinski definition) is 5. The van der Waals surface area contributed by atoms with Crippen molar-refractivity contribution in [1.82, 2.24) is 15.6 Å². The molecule has 2 aromatic carbocycles. The van der Waals surface area contributed by atoms with Crippen LogP contribution in [0.2, 0.25) is 0 Å². The maximum absolute atomic E-state index is 15.1. The predicted octanol–water partition coefficient (Wildman–Crippen LogP) is 4.75. The number of anilines is 1. The van der Waals surface area contributed by atoms with Crippen LogP contribution >= 0.6 is 0 Å². The summed E-state index contributed by atoms with van der Waals surface area (Å²) in [5, 5.41) is 5.18. The average Bonchev–Trinajstić information content (AvgIpc) is 3.64. The van der Waals surface area contributed by atoms with Gasteiger partial charge in [-0.05, 0) is 36.2 Å². The van der Waals surface area contributed by atoms with E-state index in [9.17, 15) is 22.8 Å². The van der Waals surface area contributed by atoms with Crippen molar-refractivity contribution >= 4 is 17.8 Å². The first kappa shape index (κ1) is 28.1. The standard InChI is InChI=1S/C28H25F5N4O4/c1-40-15-7-5-14(6-8-15)17-12-22(17)35-27(39)36-24-18(23-20(29)10-16(41-2)11-21(23)30)13-37(26(24)38)25-19(28(31,32)33)4-3-9-34-25/h3-11,17-18,22,24H,12-13H2,1-2H3,(H2,35,36,39)/t17-,18+,22+,24+/m1/s1. The van der Waals surface area contributed by atoms with E-state index in [1.54, 1.807) is 19.2 Å². The van der Waals surface area contributed by atoms with Crippen molar-refractivity contribution in [3.8, 4) is 11.5 Å². The van der Waals surface area contributed by atoms with E-state index in [1.165, 1.54) is 7.11 Å². The number of methoxy groups -OCH3 is 2. The lowest BCUT2D eigenvalue weighted by Gasteiger charge is -2.20. The van der Waals surface area contributed by atoms with Gasteiger partial charge in [0.05, 0.1) is 19.8 Å². The van der Waals surface area contributed by atoms with E-state index in [1.807, 2.05) is 12.1 Å². The fraction of sp³-hybridized carbons (Fsp3) is 0.321. The number of halogens is 5. The van der Waals surface area contributed by atoms with Crippen molar-refractivity contribution in [3.63, 3.8) is 0 Å². The first-order valence-corrected chi connectivity index (χ1v) is 12.6. The van der Waals surface area contributed by atoms with E-state index in [4.69, 9.17) is 9.47 Å². The summed E-state index contributed by atoms with van der Waals surface area (Å²) >= 11 is 0. The zero-order chi connectivity index (χ0) is 29.5. The first-order valence-electron chi connectivity index (χ1n) is 12.6. The van der Waals surface area contributed by atoms with Crippen LogP contribution in [-0.2, 0) is 11.0 Å². The lowest BCUT2D eigenvalue weighted by Crippen LogP contribution is -2.49. The number of ether oxygens (including phenoxy) is 2. The number of carbonyl (C=O) groups excluding carboxylic acids is 2. The second kappa shape index (κ2) is 10.9. The molecule has 3 aromatic rings. The van der Waals surface area contributed by atoms with Gasteiger partial charge in [-0.2, -0.15) is 13.2 Å². The number of carbonyl (C=O) groups is 2. The highest BCUT2D eigenvalue weighted by atomic mass is 19.4. The van der Waals surface area contributed by atoms with Gasteiger partial charge in [0.2, 0.25) is 0 Å². The van der Waals surface area contributed by atoms with Crippen LogP contribution in [0.3, 0.4) is 0 Å². The summed E-state index contributed by atoms with van der Waals surface area (Å²) in [4.78, 5) is 30.9. The van der Waals surface area contributed by atoms with Gasteiger partial charge in [0.25, 0.3) is 5.91 Å².